The Morgan fingerprint density at radius 1 is 0.829 bits per heavy atom. The molecule has 4 rings (SSSR count). The van der Waals surface area contributed by atoms with Gasteiger partial charge in [-0.2, -0.15) is 0 Å². The lowest BCUT2D eigenvalue weighted by atomic mass is 10.2. The van der Waals surface area contributed by atoms with E-state index in [1.54, 1.807) is 18.2 Å². The van der Waals surface area contributed by atoms with E-state index in [1.165, 1.54) is 0 Å². The van der Waals surface area contributed by atoms with E-state index in [4.69, 9.17) is 34.8 Å². The lowest BCUT2D eigenvalue weighted by Gasteiger charge is -2.34. The normalized spacial score (nSPS) is 14.8. The molecule has 3 aromatic rings. The number of rotatable bonds is 10. The van der Waals surface area contributed by atoms with Crippen molar-refractivity contribution in [3.63, 3.8) is 0 Å². The van der Waals surface area contributed by atoms with Crippen LogP contribution in [-0.2, 0) is 0 Å². The van der Waals surface area contributed by atoms with Crippen molar-refractivity contribution in [2.45, 2.75) is 12.8 Å². The molecule has 1 amide bonds. The van der Waals surface area contributed by atoms with Crippen molar-refractivity contribution in [3.8, 4) is 0 Å². The molecule has 2 heterocycles. The van der Waals surface area contributed by atoms with E-state index in [-0.39, 0.29) is 5.91 Å². The lowest BCUT2D eigenvalue weighted by molar-refractivity contribution is 0.0947. The number of carbonyl (C=O) groups excluding carboxylic acids is 1. The Kier molecular flexibility index (Phi) is 9.46. The van der Waals surface area contributed by atoms with Crippen molar-refractivity contribution in [2.24, 2.45) is 0 Å². The van der Waals surface area contributed by atoms with Crippen molar-refractivity contribution < 1.29 is 4.79 Å². The number of nitrogens with one attached hydrogen (secondary N) is 2. The number of carbonyl (C=O) groups is 1. The summed E-state index contributed by atoms with van der Waals surface area (Å²) in [5.41, 5.74) is 2.50. The number of anilines is 1. The minimum absolute atomic E-state index is 0.142. The molecule has 0 atom stereocenters. The molecule has 1 aliphatic rings. The summed E-state index contributed by atoms with van der Waals surface area (Å²) in [6.45, 7) is 7.86. The number of hydrogen-bond acceptors (Lipinski definition) is 5. The first-order valence-electron chi connectivity index (χ1n) is 11.9. The van der Waals surface area contributed by atoms with E-state index >= 15 is 0 Å². The summed E-state index contributed by atoms with van der Waals surface area (Å²) < 4.78 is 0. The monoisotopic (exact) mass is 533 g/mol. The summed E-state index contributed by atoms with van der Waals surface area (Å²) in [5.74, 6) is -0.142. The van der Waals surface area contributed by atoms with Crippen molar-refractivity contribution in [2.75, 3.05) is 57.7 Å². The van der Waals surface area contributed by atoms with Gasteiger partial charge in [0.05, 0.1) is 5.52 Å². The van der Waals surface area contributed by atoms with Gasteiger partial charge in [-0.1, -0.05) is 34.8 Å². The molecule has 35 heavy (non-hydrogen) atoms. The second-order valence-corrected chi connectivity index (χ2v) is 10.1. The molecule has 1 aromatic heterocycles. The van der Waals surface area contributed by atoms with Gasteiger partial charge >= 0.3 is 0 Å². The standard InChI is InChI=1S/C26H30Cl3N5O/c27-20-3-4-23-24(5-8-31-25(23)18-20)30-6-1-9-33-11-13-34(14-12-33)10-2-7-32-26(35)19-15-21(28)17-22(29)16-19/h3-5,8,15-18H,1-2,6-7,9-14H2,(H,30,31)(H,32,35). The van der Waals surface area contributed by atoms with Crippen LogP contribution in [0.15, 0.2) is 48.7 Å². The summed E-state index contributed by atoms with van der Waals surface area (Å²) >= 11 is 18.0. The molecule has 0 saturated carbocycles. The van der Waals surface area contributed by atoms with Crippen molar-refractivity contribution >= 4 is 57.3 Å². The summed E-state index contributed by atoms with van der Waals surface area (Å²) in [6, 6.07) is 12.7. The van der Waals surface area contributed by atoms with E-state index in [2.05, 4.69) is 25.4 Å². The molecule has 0 radical (unpaired) electrons. The van der Waals surface area contributed by atoms with Gasteiger partial charge in [0.1, 0.15) is 0 Å². The van der Waals surface area contributed by atoms with Gasteiger partial charge in [0.25, 0.3) is 5.91 Å². The molecule has 0 aliphatic carbocycles. The number of amides is 1. The van der Waals surface area contributed by atoms with Crippen LogP contribution >= 0.6 is 34.8 Å². The maximum Gasteiger partial charge on any atom is 0.251 e. The largest absolute Gasteiger partial charge is 0.384 e. The first-order chi connectivity index (χ1) is 17.0. The van der Waals surface area contributed by atoms with Gasteiger partial charge in [-0.25, -0.2) is 0 Å². The molecule has 9 heteroatoms. The number of pyridine rings is 1. The molecule has 186 valence electrons. The summed E-state index contributed by atoms with van der Waals surface area (Å²) in [4.78, 5) is 21.7. The Labute approximate surface area is 221 Å². The van der Waals surface area contributed by atoms with Crippen LogP contribution in [0.1, 0.15) is 23.2 Å². The maximum atomic E-state index is 12.3. The number of aromatic nitrogens is 1. The number of piperazine rings is 1. The van der Waals surface area contributed by atoms with Crippen LogP contribution in [-0.4, -0.2) is 73.0 Å². The van der Waals surface area contributed by atoms with Gasteiger partial charge in [-0.15, -0.1) is 0 Å². The Morgan fingerprint density at radius 2 is 1.49 bits per heavy atom. The van der Waals surface area contributed by atoms with E-state index in [0.29, 0.717) is 27.2 Å². The third-order valence-electron chi connectivity index (χ3n) is 6.20. The van der Waals surface area contributed by atoms with Gasteiger partial charge in [0.15, 0.2) is 0 Å². The zero-order chi connectivity index (χ0) is 24.6. The molecule has 0 spiro atoms. The summed E-state index contributed by atoms with van der Waals surface area (Å²) in [6.07, 6.45) is 3.81. The molecule has 0 bridgehead atoms. The Bertz CT molecular complexity index is 1130. The Balaban J connectivity index is 1.09. The highest BCUT2D eigenvalue weighted by Crippen LogP contribution is 2.24. The number of halogens is 3. The molecular formula is C26H30Cl3N5O. The average Bonchev–Trinajstić information content (AvgIpc) is 2.84. The van der Waals surface area contributed by atoms with Crippen molar-refractivity contribution in [3.05, 3.63) is 69.3 Å². The van der Waals surface area contributed by atoms with Crippen LogP contribution in [0.3, 0.4) is 0 Å². The van der Waals surface area contributed by atoms with Crippen LogP contribution in [0.5, 0.6) is 0 Å². The molecule has 6 nitrogen and oxygen atoms in total. The zero-order valence-electron chi connectivity index (χ0n) is 19.6. The molecular weight excluding hydrogens is 505 g/mol. The highest BCUT2D eigenvalue weighted by Gasteiger charge is 2.16. The van der Waals surface area contributed by atoms with E-state index in [0.717, 1.165) is 75.2 Å². The number of nitrogens with zero attached hydrogens (tertiary/aromatic N) is 3. The predicted molar refractivity (Wildman–Crippen MR) is 146 cm³/mol. The Morgan fingerprint density at radius 3 is 2.17 bits per heavy atom. The van der Waals surface area contributed by atoms with Crippen molar-refractivity contribution in [1.29, 1.82) is 0 Å². The lowest BCUT2D eigenvalue weighted by Crippen LogP contribution is -2.47. The van der Waals surface area contributed by atoms with Crippen LogP contribution in [0.25, 0.3) is 10.9 Å². The fourth-order valence-electron chi connectivity index (χ4n) is 4.33. The molecule has 1 saturated heterocycles. The van der Waals surface area contributed by atoms with Crippen molar-refractivity contribution in [1.82, 2.24) is 20.1 Å². The Hall–Kier alpha value is -2.09. The van der Waals surface area contributed by atoms with Gasteiger partial charge in [-0.05, 0) is 68.4 Å². The third-order valence-corrected chi connectivity index (χ3v) is 6.87. The van der Waals surface area contributed by atoms with Gasteiger partial charge in [0, 0.05) is 77.2 Å². The predicted octanol–water partition coefficient (Wildman–Crippen LogP) is 5.43. The van der Waals surface area contributed by atoms with Crippen LogP contribution in [0, 0.1) is 0 Å². The van der Waals surface area contributed by atoms with Crippen LogP contribution in [0.4, 0.5) is 5.69 Å². The summed E-state index contributed by atoms with van der Waals surface area (Å²) in [7, 11) is 0. The fourth-order valence-corrected chi connectivity index (χ4v) is 5.02. The van der Waals surface area contributed by atoms with Crippen LogP contribution < -0.4 is 10.6 Å². The van der Waals surface area contributed by atoms with Crippen LogP contribution in [0.2, 0.25) is 15.1 Å². The van der Waals surface area contributed by atoms with E-state index < -0.39 is 0 Å². The molecule has 1 fully saturated rings. The summed E-state index contributed by atoms with van der Waals surface area (Å²) in [5, 5.41) is 9.23. The third kappa shape index (κ3) is 7.69. The average molecular weight is 535 g/mol. The van der Waals surface area contributed by atoms with Gasteiger partial charge < -0.3 is 20.4 Å². The second-order valence-electron chi connectivity index (χ2n) is 8.75. The molecule has 2 N–H and O–H groups in total. The molecule has 1 aliphatic heterocycles. The molecule has 0 unspecified atom stereocenters. The second kappa shape index (κ2) is 12.7. The SMILES string of the molecule is O=C(NCCCN1CCN(CCCNc2ccnc3cc(Cl)ccc23)CC1)c1cc(Cl)cc(Cl)c1. The molecule has 2 aromatic carbocycles. The van der Waals surface area contributed by atoms with Gasteiger partial charge in [0.2, 0.25) is 0 Å². The maximum absolute atomic E-state index is 12.3. The highest BCUT2D eigenvalue weighted by atomic mass is 35.5. The minimum atomic E-state index is -0.142. The first kappa shape index (κ1) is 26.0. The number of hydrogen-bond donors (Lipinski definition) is 2. The number of fused-ring (bicyclic) bond motifs is 1. The topological polar surface area (TPSA) is 60.5 Å². The highest BCUT2D eigenvalue weighted by molar-refractivity contribution is 6.35. The minimum Gasteiger partial charge on any atom is -0.384 e. The van der Waals surface area contributed by atoms with E-state index in [1.807, 2.05) is 30.5 Å². The fraction of sp³-hybridized carbons (Fsp3) is 0.385. The smallest absolute Gasteiger partial charge is 0.251 e. The van der Waals surface area contributed by atoms with Gasteiger partial charge in [-0.3, -0.25) is 9.78 Å². The quantitative estimate of drug-likeness (QED) is 0.340. The first-order valence-corrected chi connectivity index (χ1v) is 13.1. The van der Waals surface area contributed by atoms with E-state index in [9.17, 15) is 4.79 Å². The number of benzene rings is 2. The zero-order valence-corrected chi connectivity index (χ0v) is 21.8.